The summed E-state index contributed by atoms with van der Waals surface area (Å²) in [6.45, 7) is 6.92. The van der Waals surface area contributed by atoms with Gasteiger partial charge in [-0.1, -0.05) is 12.1 Å². The van der Waals surface area contributed by atoms with Gasteiger partial charge in [-0.3, -0.25) is 5.10 Å². The molecule has 2 rings (SSSR count). The van der Waals surface area contributed by atoms with Gasteiger partial charge in [0.05, 0.1) is 11.9 Å². The molecule has 1 heterocycles. The molecule has 0 fully saturated rings. The third kappa shape index (κ3) is 1.63. The van der Waals surface area contributed by atoms with E-state index in [0.29, 0.717) is 6.54 Å². The van der Waals surface area contributed by atoms with Crippen LogP contribution in [0.5, 0.6) is 0 Å². The van der Waals surface area contributed by atoms with Gasteiger partial charge in [-0.15, -0.1) is 0 Å². The maximum absolute atomic E-state index is 5.69. The molecular formula is C13H17N3. The first-order chi connectivity index (χ1) is 7.65. The fraction of sp³-hybridized carbons (Fsp3) is 0.308. The molecule has 0 spiro atoms. The van der Waals surface area contributed by atoms with E-state index in [0.717, 1.165) is 11.3 Å². The molecular weight excluding hydrogens is 198 g/mol. The second-order valence-corrected chi connectivity index (χ2v) is 4.15. The number of nitrogens with one attached hydrogen (secondary N) is 1. The fourth-order valence-electron chi connectivity index (χ4n) is 1.93. The van der Waals surface area contributed by atoms with Gasteiger partial charge in [0.15, 0.2) is 0 Å². The summed E-state index contributed by atoms with van der Waals surface area (Å²) in [4.78, 5) is 0. The van der Waals surface area contributed by atoms with E-state index in [4.69, 9.17) is 5.73 Å². The lowest BCUT2D eigenvalue weighted by atomic mass is 9.95. The monoisotopic (exact) mass is 215 g/mol. The van der Waals surface area contributed by atoms with Crippen LogP contribution in [0.3, 0.4) is 0 Å². The van der Waals surface area contributed by atoms with E-state index in [-0.39, 0.29) is 0 Å². The van der Waals surface area contributed by atoms with Crippen molar-refractivity contribution in [2.24, 2.45) is 5.73 Å². The molecule has 0 aliphatic carbocycles. The predicted molar refractivity (Wildman–Crippen MR) is 66.1 cm³/mol. The van der Waals surface area contributed by atoms with Crippen LogP contribution in [-0.2, 0) is 6.54 Å². The van der Waals surface area contributed by atoms with Gasteiger partial charge in [-0.05, 0) is 37.5 Å². The van der Waals surface area contributed by atoms with Crippen molar-refractivity contribution in [2.75, 3.05) is 0 Å². The van der Waals surface area contributed by atoms with Crippen molar-refractivity contribution in [1.82, 2.24) is 10.2 Å². The Bertz CT molecular complexity index is 512. The Morgan fingerprint density at radius 1 is 1.19 bits per heavy atom. The number of nitrogens with two attached hydrogens (primary N) is 1. The molecule has 1 aromatic heterocycles. The Labute approximate surface area is 95.7 Å². The molecule has 84 valence electrons. The van der Waals surface area contributed by atoms with Gasteiger partial charge in [0.1, 0.15) is 0 Å². The molecule has 16 heavy (non-hydrogen) atoms. The number of nitrogens with zero attached hydrogens (tertiary/aromatic N) is 1. The van der Waals surface area contributed by atoms with E-state index in [1.165, 1.54) is 22.3 Å². The zero-order valence-corrected chi connectivity index (χ0v) is 9.96. The van der Waals surface area contributed by atoms with Gasteiger partial charge in [0, 0.05) is 17.7 Å². The first kappa shape index (κ1) is 10.9. The van der Waals surface area contributed by atoms with Crippen LogP contribution >= 0.6 is 0 Å². The number of aryl methyl sites for hydroxylation is 1. The fourth-order valence-corrected chi connectivity index (χ4v) is 1.93. The number of aromatic amines is 1. The zero-order chi connectivity index (χ0) is 11.7. The molecule has 0 bridgehead atoms. The van der Waals surface area contributed by atoms with E-state index in [2.05, 4.69) is 43.1 Å². The molecule has 1 aromatic carbocycles. The average molecular weight is 215 g/mol. The van der Waals surface area contributed by atoms with Gasteiger partial charge in [0.2, 0.25) is 0 Å². The highest BCUT2D eigenvalue weighted by Gasteiger charge is 2.10. The van der Waals surface area contributed by atoms with Crippen molar-refractivity contribution in [3.05, 3.63) is 40.6 Å². The minimum Gasteiger partial charge on any atom is -0.326 e. The molecule has 3 N–H and O–H groups in total. The average Bonchev–Trinajstić information content (AvgIpc) is 2.74. The highest BCUT2D eigenvalue weighted by atomic mass is 15.1. The zero-order valence-electron chi connectivity index (χ0n) is 9.96. The molecule has 0 amide bonds. The second-order valence-electron chi connectivity index (χ2n) is 4.15. The quantitative estimate of drug-likeness (QED) is 0.808. The largest absolute Gasteiger partial charge is 0.326 e. The number of hydrogen-bond donors (Lipinski definition) is 2. The lowest BCUT2D eigenvalue weighted by Gasteiger charge is -2.10. The topological polar surface area (TPSA) is 54.7 Å². The van der Waals surface area contributed by atoms with Gasteiger partial charge in [-0.25, -0.2) is 0 Å². The minimum absolute atomic E-state index is 0.512. The lowest BCUT2D eigenvalue weighted by Crippen LogP contribution is -1.98. The Morgan fingerprint density at radius 3 is 2.62 bits per heavy atom. The van der Waals surface area contributed by atoms with Crippen molar-refractivity contribution < 1.29 is 0 Å². The maximum Gasteiger partial charge on any atom is 0.0697 e. The van der Waals surface area contributed by atoms with Crippen LogP contribution in [0, 0.1) is 20.8 Å². The van der Waals surface area contributed by atoms with Crippen LogP contribution in [-0.4, -0.2) is 10.2 Å². The molecule has 0 aliphatic rings. The second kappa shape index (κ2) is 4.10. The van der Waals surface area contributed by atoms with Gasteiger partial charge in [0.25, 0.3) is 0 Å². The summed E-state index contributed by atoms with van der Waals surface area (Å²) >= 11 is 0. The van der Waals surface area contributed by atoms with Crippen LogP contribution < -0.4 is 5.73 Å². The number of rotatable bonds is 2. The molecule has 0 atom stereocenters. The summed E-state index contributed by atoms with van der Waals surface area (Å²) in [5, 5.41) is 7.09. The standard InChI is InChI=1S/C13H17N3/c1-8-4-5-12(10(3)9(8)2)13-11(6-14)7-15-16-13/h4-5,7H,6,14H2,1-3H3,(H,15,16). The van der Waals surface area contributed by atoms with Crippen LogP contribution in [0.4, 0.5) is 0 Å². The van der Waals surface area contributed by atoms with Gasteiger partial charge in [-0.2, -0.15) is 5.10 Å². The van der Waals surface area contributed by atoms with Crippen molar-refractivity contribution in [2.45, 2.75) is 27.3 Å². The van der Waals surface area contributed by atoms with E-state index >= 15 is 0 Å². The summed E-state index contributed by atoms with van der Waals surface area (Å²) in [6.07, 6.45) is 1.80. The number of H-pyrrole nitrogens is 1. The molecule has 0 radical (unpaired) electrons. The predicted octanol–water partition coefficient (Wildman–Crippen LogP) is 2.46. The Kier molecular flexibility index (Phi) is 2.79. The van der Waals surface area contributed by atoms with Crippen molar-refractivity contribution in [3.8, 4) is 11.3 Å². The molecule has 0 aliphatic heterocycles. The normalized spacial score (nSPS) is 10.8. The SMILES string of the molecule is Cc1ccc(-c2[nH]ncc2CN)c(C)c1C. The lowest BCUT2D eigenvalue weighted by molar-refractivity contribution is 1.07. The highest BCUT2D eigenvalue weighted by molar-refractivity contribution is 5.68. The van der Waals surface area contributed by atoms with E-state index in [1.54, 1.807) is 6.20 Å². The smallest absolute Gasteiger partial charge is 0.0697 e. The third-order valence-corrected chi connectivity index (χ3v) is 3.27. The maximum atomic E-state index is 5.69. The van der Waals surface area contributed by atoms with Crippen LogP contribution in [0.1, 0.15) is 22.3 Å². The number of hydrogen-bond acceptors (Lipinski definition) is 2. The van der Waals surface area contributed by atoms with E-state index in [9.17, 15) is 0 Å². The summed E-state index contributed by atoms with van der Waals surface area (Å²) in [6, 6.07) is 4.27. The molecule has 0 saturated carbocycles. The third-order valence-electron chi connectivity index (χ3n) is 3.27. The van der Waals surface area contributed by atoms with E-state index in [1.807, 2.05) is 0 Å². The summed E-state index contributed by atoms with van der Waals surface area (Å²) in [7, 11) is 0. The van der Waals surface area contributed by atoms with E-state index < -0.39 is 0 Å². The van der Waals surface area contributed by atoms with Crippen molar-refractivity contribution >= 4 is 0 Å². The molecule has 3 nitrogen and oxygen atoms in total. The van der Waals surface area contributed by atoms with Crippen LogP contribution in [0.15, 0.2) is 18.3 Å². The number of benzene rings is 1. The van der Waals surface area contributed by atoms with Crippen LogP contribution in [0.25, 0.3) is 11.3 Å². The number of aromatic nitrogens is 2. The molecule has 0 unspecified atom stereocenters. The van der Waals surface area contributed by atoms with Crippen molar-refractivity contribution in [3.63, 3.8) is 0 Å². The first-order valence-corrected chi connectivity index (χ1v) is 5.44. The first-order valence-electron chi connectivity index (χ1n) is 5.44. The van der Waals surface area contributed by atoms with Gasteiger partial charge >= 0.3 is 0 Å². The minimum atomic E-state index is 0.512. The van der Waals surface area contributed by atoms with Crippen molar-refractivity contribution in [1.29, 1.82) is 0 Å². The molecule has 0 saturated heterocycles. The molecule has 3 heteroatoms. The summed E-state index contributed by atoms with van der Waals surface area (Å²) in [5.74, 6) is 0. The Balaban J connectivity index is 2.61. The summed E-state index contributed by atoms with van der Waals surface area (Å²) in [5.41, 5.74) is 12.9. The van der Waals surface area contributed by atoms with Crippen LogP contribution in [0.2, 0.25) is 0 Å². The Hall–Kier alpha value is -1.61. The van der Waals surface area contributed by atoms with Gasteiger partial charge < -0.3 is 5.73 Å². The molecule has 2 aromatic rings. The highest BCUT2D eigenvalue weighted by Crippen LogP contribution is 2.27. The Morgan fingerprint density at radius 2 is 1.94 bits per heavy atom. The summed E-state index contributed by atoms with van der Waals surface area (Å²) < 4.78 is 0.